The van der Waals surface area contributed by atoms with Crippen LogP contribution in [0.1, 0.15) is 11.1 Å². The SMILES string of the molecule is CN=C(NCCc1c[nH]c2cc(F)ccc12)NCc1ccc(-n2cncn2)cc1.I. The minimum atomic E-state index is -0.233. The van der Waals surface area contributed by atoms with E-state index in [1.165, 1.54) is 18.5 Å². The number of aromatic amines is 1. The zero-order valence-corrected chi connectivity index (χ0v) is 18.8. The van der Waals surface area contributed by atoms with E-state index in [0.717, 1.165) is 46.6 Å². The van der Waals surface area contributed by atoms with Gasteiger partial charge in [0.05, 0.1) is 5.69 Å². The Bertz CT molecular complexity index is 1100. The van der Waals surface area contributed by atoms with Gasteiger partial charge < -0.3 is 15.6 Å². The summed E-state index contributed by atoms with van der Waals surface area (Å²) in [5.41, 5.74) is 4.06. The first kappa shape index (κ1) is 21.8. The third-order valence-electron chi connectivity index (χ3n) is 4.72. The fourth-order valence-electron chi connectivity index (χ4n) is 3.20. The van der Waals surface area contributed by atoms with Crippen molar-refractivity contribution in [2.45, 2.75) is 13.0 Å². The predicted molar refractivity (Wildman–Crippen MR) is 127 cm³/mol. The molecule has 0 unspecified atom stereocenters. The lowest BCUT2D eigenvalue weighted by Gasteiger charge is -2.12. The average Bonchev–Trinajstić information content (AvgIpc) is 3.41. The van der Waals surface area contributed by atoms with Crippen LogP contribution >= 0.6 is 24.0 Å². The molecule has 0 aliphatic rings. The number of nitrogens with one attached hydrogen (secondary N) is 3. The molecule has 3 N–H and O–H groups in total. The summed E-state index contributed by atoms with van der Waals surface area (Å²) in [5.74, 6) is 0.499. The highest BCUT2D eigenvalue weighted by Gasteiger charge is 2.05. The summed E-state index contributed by atoms with van der Waals surface area (Å²) in [6.45, 7) is 1.37. The molecule has 2 aromatic heterocycles. The van der Waals surface area contributed by atoms with Crippen LogP contribution in [0.25, 0.3) is 16.6 Å². The maximum absolute atomic E-state index is 13.3. The molecule has 0 spiro atoms. The van der Waals surface area contributed by atoms with E-state index in [1.807, 2.05) is 36.5 Å². The second-order valence-corrected chi connectivity index (χ2v) is 6.61. The number of halogens is 2. The molecule has 156 valence electrons. The Hall–Kier alpha value is -2.95. The Labute approximate surface area is 190 Å². The molecule has 4 rings (SSSR count). The third kappa shape index (κ3) is 5.15. The van der Waals surface area contributed by atoms with Gasteiger partial charge in [-0.2, -0.15) is 5.10 Å². The summed E-state index contributed by atoms with van der Waals surface area (Å²) >= 11 is 0. The lowest BCUT2D eigenvalue weighted by atomic mass is 10.1. The van der Waals surface area contributed by atoms with Crippen LogP contribution in [0.15, 0.2) is 66.3 Å². The van der Waals surface area contributed by atoms with Crippen molar-refractivity contribution in [3.63, 3.8) is 0 Å². The Morgan fingerprint density at radius 3 is 2.73 bits per heavy atom. The van der Waals surface area contributed by atoms with Crippen LogP contribution in [0.2, 0.25) is 0 Å². The largest absolute Gasteiger partial charge is 0.361 e. The molecule has 0 atom stereocenters. The Morgan fingerprint density at radius 1 is 1.17 bits per heavy atom. The van der Waals surface area contributed by atoms with Gasteiger partial charge >= 0.3 is 0 Å². The Morgan fingerprint density at radius 2 is 2.00 bits per heavy atom. The zero-order chi connectivity index (χ0) is 20.1. The van der Waals surface area contributed by atoms with Crippen LogP contribution in [-0.4, -0.2) is 39.3 Å². The number of fused-ring (bicyclic) bond motifs is 1. The number of hydrogen-bond acceptors (Lipinski definition) is 3. The van der Waals surface area contributed by atoms with Crippen LogP contribution in [0, 0.1) is 5.82 Å². The number of guanidine groups is 1. The van der Waals surface area contributed by atoms with Gasteiger partial charge in [-0.15, -0.1) is 24.0 Å². The van der Waals surface area contributed by atoms with Crippen molar-refractivity contribution in [1.82, 2.24) is 30.4 Å². The standard InChI is InChI=1S/C21H22FN7.HI/c1-23-21(25-9-8-16-12-26-20-10-17(22)4-7-19(16)20)27-11-15-2-5-18(6-3-15)29-14-24-13-28-29;/h2-7,10,12-14,26H,8-9,11H2,1H3,(H2,23,25,27);1H. The number of H-pyrrole nitrogens is 1. The second kappa shape index (κ2) is 10.2. The Balaban J connectivity index is 0.00000256. The van der Waals surface area contributed by atoms with Gasteiger partial charge in [-0.25, -0.2) is 14.1 Å². The minimum Gasteiger partial charge on any atom is -0.361 e. The van der Waals surface area contributed by atoms with Crippen molar-refractivity contribution in [3.05, 3.63) is 78.3 Å². The number of aromatic nitrogens is 4. The Kier molecular flexibility index (Phi) is 7.39. The molecule has 0 fully saturated rings. The van der Waals surface area contributed by atoms with Crippen molar-refractivity contribution < 1.29 is 4.39 Å². The molecular formula is C21H23FIN7. The van der Waals surface area contributed by atoms with Gasteiger partial charge in [0, 0.05) is 37.2 Å². The monoisotopic (exact) mass is 519 g/mol. The van der Waals surface area contributed by atoms with Crippen molar-refractivity contribution in [3.8, 4) is 5.69 Å². The normalized spacial score (nSPS) is 11.3. The molecule has 0 saturated heterocycles. The van der Waals surface area contributed by atoms with E-state index in [9.17, 15) is 4.39 Å². The van der Waals surface area contributed by atoms with Gasteiger partial charge in [0.1, 0.15) is 18.5 Å². The van der Waals surface area contributed by atoms with Crippen molar-refractivity contribution >= 4 is 40.8 Å². The van der Waals surface area contributed by atoms with Gasteiger partial charge in [-0.1, -0.05) is 12.1 Å². The summed E-state index contributed by atoms with van der Waals surface area (Å²) in [5, 5.41) is 11.8. The van der Waals surface area contributed by atoms with E-state index in [4.69, 9.17) is 0 Å². The van der Waals surface area contributed by atoms with Gasteiger partial charge in [-0.05, 0) is 47.9 Å². The smallest absolute Gasteiger partial charge is 0.191 e. The number of rotatable bonds is 6. The lowest BCUT2D eigenvalue weighted by Crippen LogP contribution is -2.37. The highest BCUT2D eigenvalue weighted by molar-refractivity contribution is 14.0. The van der Waals surface area contributed by atoms with E-state index >= 15 is 0 Å². The third-order valence-corrected chi connectivity index (χ3v) is 4.72. The molecule has 2 heterocycles. The molecule has 0 aliphatic carbocycles. The van der Waals surface area contributed by atoms with Crippen molar-refractivity contribution in [2.24, 2.45) is 4.99 Å². The van der Waals surface area contributed by atoms with Crippen LogP contribution < -0.4 is 10.6 Å². The predicted octanol–water partition coefficient (Wildman–Crippen LogP) is 3.41. The number of benzene rings is 2. The number of hydrogen-bond donors (Lipinski definition) is 3. The topological polar surface area (TPSA) is 82.9 Å². The van der Waals surface area contributed by atoms with Crippen molar-refractivity contribution in [1.29, 1.82) is 0 Å². The maximum Gasteiger partial charge on any atom is 0.191 e. The minimum absolute atomic E-state index is 0. The van der Waals surface area contributed by atoms with Crippen molar-refractivity contribution in [2.75, 3.05) is 13.6 Å². The van der Waals surface area contributed by atoms with E-state index in [1.54, 1.807) is 18.1 Å². The summed E-state index contributed by atoms with van der Waals surface area (Å²) in [6.07, 6.45) is 5.92. The average molecular weight is 519 g/mol. The number of nitrogens with zero attached hydrogens (tertiary/aromatic N) is 4. The molecule has 7 nitrogen and oxygen atoms in total. The lowest BCUT2D eigenvalue weighted by molar-refractivity contribution is 0.629. The summed E-state index contributed by atoms with van der Waals surface area (Å²) < 4.78 is 15.0. The quantitative estimate of drug-likeness (QED) is 0.207. The first-order chi connectivity index (χ1) is 14.2. The molecule has 0 amide bonds. The van der Waals surface area contributed by atoms with Crippen LogP contribution in [0.3, 0.4) is 0 Å². The molecule has 0 radical (unpaired) electrons. The van der Waals surface area contributed by atoms with Gasteiger partial charge in [0.2, 0.25) is 0 Å². The van der Waals surface area contributed by atoms with E-state index in [2.05, 4.69) is 30.7 Å². The zero-order valence-electron chi connectivity index (χ0n) is 16.5. The molecule has 0 bridgehead atoms. The molecule has 0 saturated carbocycles. The molecule has 4 aromatic rings. The highest BCUT2D eigenvalue weighted by Crippen LogP contribution is 2.19. The summed E-state index contributed by atoms with van der Waals surface area (Å²) in [4.78, 5) is 11.3. The van der Waals surface area contributed by atoms with Crippen LogP contribution in [0.5, 0.6) is 0 Å². The molecule has 2 aromatic carbocycles. The summed E-state index contributed by atoms with van der Waals surface area (Å²) in [6, 6.07) is 12.9. The fraction of sp³-hybridized carbons (Fsp3) is 0.190. The maximum atomic E-state index is 13.3. The van der Waals surface area contributed by atoms with E-state index in [-0.39, 0.29) is 29.8 Å². The van der Waals surface area contributed by atoms with E-state index in [0.29, 0.717) is 6.54 Å². The molecule has 9 heteroatoms. The van der Waals surface area contributed by atoms with Crippen LogP contribution in [0.4, 0.5) is 4.39 Å². The molecule has 0 aliphatic heterocycles. The first-order valence-electron chi connectivity index (χ1n) is 9.37. The van der Waals surface area contributed by atoms with Gasteiger partial charge in [-0.3, -0.25) is 4.99 Å². The van der Waals surface area contributed by atoms with Gasteiger partial charge in [0.25, 0.3) is 0 Å². The molecule has 30 heavy (non-hydrogen) atoms. The number of aliphatic imine (C=N–C) groups is 1. The fourth-order valence-corrected chi connectivity index (χ4v) is 3.20. The first-order valence-corrected chi connectivity index (χ1v) is 9.37. The summed E-state index contributed by atoms with van der Waals surface area (Å²) in [7, 11) is 1.75. The second-order valence-electron chi connectivity index (χ2n) is 6.61. The van der Waals surface area contributed by atoms with E-state index < -0.39 is 0 Å². The highest BCUT2D eigenvalue weighted by atomic mass is 127. The van der Waals surface area contributed by atoms with Gasteiger partial charge in [0.15, 0.2) is 5.96 Å². The van der Waals surface area contributed by atoms with Crippen LogP contribution in [-0.2, 0) is 13.0 Å². The molecular weight excluding hydrogens is 496 g/mol.